The lowest BCUT2D eigenvalue weighted by Crippen LogP contribution is -2.28. The van der Waals surface area contributed by atoms with Gasteiger partial charge in [-0.1, -0.05) is 20.8 Å². The number of non-ortho nitro benzene ring substituents is 1. The number of nitro groups is 1. The van der Waals surface area contributed by atoms with E-state index in [4.69, 9.17) is 0 Å². The van der Waals surface area contributed by atoms with E-state index in [0.717, 1.165) is 6.54 Å². The Kier molecular flexibility index (Phi) is 5.92. The molecule has 2 unspecified atom stereocenters. The smallest absolute Gasteiger partial charge is 0.269 e. The Bertz CT molecular complexity index is 404. The highest BCUT2D eigenvalue weighted by Gasteiger charge is 2.11. The van der Waals surface area contributed by atoms with Crippen molar-refractivity contribution in [1.82, 2.24) is 5.32 Å². The Balaban J connectivity index is 2.45. The van der Waals surface area contributed by atoms with Gasteiger partial charge < -0.3 is 10.4 Å². The Morgan fingerprint density at radius 1 is 1.21 bits per heavy atom. The van der Waals surface area contributed by atoms with Crippen molar-refractivity contribution >= 4 is 5.69 Å². The molecule has 1 rings (SSSR count). The largest absolute Gasteiger partial charge is 0.387 e. The lowest BCUT2D eigenvalue weighted by atomic mass is 9.98. The van der Waals surface area contributed by atoms with Crippen LogP contribution in [0.1, 0.15) is 32.4 Å². The maximum atomic E-state index is 10.5. The van der Waals surface area contributed by atoms with Gasteiger partial charge in [-0.15, -0.1) is 0 Å². The van der Waals surface area contributed by atoms with Gasteiger partial charge in [-0.3, -0.25) is 10.1 Å². The molecular weight excluding hydrogens is 244 g/mol. The zero-order valence-electron chi connectivity index (χ0n) is 11.7. The summed E-state index contributed by atoms with van der Waals surface area (Å²) >= 11 is 0. The van der Waals surface area contributed by atoms with Crippen LogP contribution in [0.3, 0.4) is 0 Å². The molecule has 2 N–H and O–H groups in total. The van der Waals surface area contributed by atoms with Crippen LogP contribution < -0.4 is 5.32 Å². The normalized spacial score (nSPS) is 14.4. The van der Waals surface area contributed by atoms with Crippen molar-refractivity contribution in [3.8, 4) is 0 Å². The molecule has 0 aliphatic rings. The van der Waals surface area contributed by atoms with E-state index >= 15 is 0 Å². The van der Waals surface area contributed by atoms with Crippen LogP contribution >= 0.6 is 0 Å². The second-order valence-corrected chi connectivity index (χ2v) is 5.24. The van der Waals surface area contributed by atoms with Crippen molar-refractivity contribution in [2.45, 2.75) is 26.9 Å². The number of hydrogen-bond acceptors (Lipinski definition) is 4. The van der Waals surface area contributed by atoms with Crippen LogP contribution in [0, 0.1) is 22.0 Å². The summed E-state index contributed by atoms with van der Waals surface area (Å²) in [6.45, 7) is 7.80. The van der Waals surface area contributed by atoms with Gasteiger partial charge in [0.2, 0.25) is 0 Å². The van der Waals surface area contributed by atoms with E-state index in [1.807, 2.05) is 0 Å². The van der Waals surface area contributed by atoms with Crippen LogP contribution in [0.4, 0.5) is 5.69 Å². The third-order valence-corrected chi connectivity index (χ3v) is 3.43. The summed E-state index contributed by atoms with van der Waals surface area (Å²) in [6, 6.07) is 6.01. The average molecular weight is 266 g/mol. The van der Waals surface area contributed by atoms with Crippen LogP contribution in [0.25, 0.3) is 0 Å². The van der Waals surface area contributed by atoms with Crippen molar-refractivity contribution < 1.29 is 10.0 Å². The van der Waals surface area contributed by atoms with E-state index in [0.29, 0.717) is 23.9 Å². The predicted molar refractivity (Wildman–Crippen MR) is 74.9 cm³/mol. The quantitative estimate of drug-likeness (QED) is 0.587. The first-order chi connectivity index (χ1) is 8.91. The van der Waals surface area contributed by atoms with Gasteiger partial charge in [0.05, 0.1) is 11.0 Å². The molecule has 5 heteroatoms. The number of aliphatic hydroxyl groups excluding tert-OH is 1. The van der Waals surface area contributed by atoms with Crippen LogP contribution in [-0.4, -0.2) is 23.1 Å². The van der Waals surface area contributed by atoms with Gasteiger partial charge >= 0.3 is 0 Å². The van der Waals surface area contributed by atoms with Gasteiger partial charge in [0.25, 0.3) is 5.69 Å². The summed E-state index contributed by atoms with van der Waals surface area (Å²) in [7, 11) is 0. The van der Waals surface area contributed by atoms with Gasteiger partial charge in [0.15, 0.2) is 0 Å². The summed E-state index contributed by atoms with van der Waals surface area (Å²) in [5.74, 6) is 1.15. The molecule has 0 saturated carbocycles. The second-order valence-electron chi connectivity index (χ2n) is 5.24. The lowest BCUT2D eigenvalue weighted by Gasteiger charge is -2.18. The van der Waals surface area contributed by atoms with E-state index < -0.39 is 11.0 Å². The standard InChI is InChI=1S/C14H22N2O3/c1-10(2)11(3)8-15-9-14(17)12-4-6-13(7-5-12)16(18)19/h4-7,10-11,14-15,17H,8-9H2,1-3H3. The minimum absolute atomic E-state index is 0.0392. The molecule has 0 aromatic heterocycles. The van der Waals surface area contributed by atoms with Crippen LogP contribution in [0.2, 0.25) is 0 Å². The molecule has 0 amide bonds. The molecule has 0 aliphatic heterocycles. The number of hydrogen-bond donors (Lipinski definition) is 2. The highest BCUT2D eigenvalue weighted by Crippen LogP contribution is 2.17. The van der Waals surface area contributed by atoms with Crippen molar-refractivity contribution in [3.05, 3.63) is 39.9 Å². The molecule has 0 fully saturated rings. The van der Waals surface area contributed by atoms with Crippen molar-refractivity contribution in [1.29, 1.82) is 0 Å². The third-order valence-electron chi connectivity index (χ3n) is 3.43. The SMILES string of the molecule is CC(C)C(C)CNCC(O)c1ccc([N+](=O)[O-])cc1. The number of nitrogens with zero attached hydrogens (tertiary/aromatic N) is 1. The zero-order valence-corrected chi connectivity index (χ0v) is 11.7. The number of nitro benzene ring substituents is 1. The van der Waals surface area contributed by atoms with Crippen molar-refractivity contribution in [2.24, 2.45) is 11.8 Å². The summed E-state index contributed by atoms with van der Waals surface area (Å²) in [5.41, 5.74) is 0.729. The molecule has 1 aromatic rings. The van der Waals surface area contributed by atoms with Crippen LogP contribution in [-0.2, 0) is 0 Å². The van der Waals surface area contributed by atoms with Crippen molar-refractivity contribution in [3.63, 3.8) is 0 Å². The molecule has 0 aliphatic carbocycles. The first-order valence-electron chi connectivity index (χ1n) is 6.55. The maximum absolute atomic E-state index is 10.5. The fourth-order valence-electron chi connectivity index (χ4n) is 1.62. The molecule has 1 aromatic carbocycles. The minimum Gasteiger partial charge on any atom is -0.387 e. The summed E-state index contributed by atoms with van der Waals surface area (Å²) < 4.78 is 0. The van der Waals surface area contributed by atoms with E-state index in [9.17, 15) is 15.2 Å². The molecule has 106 valence electrons. The summed E-state index contributed by atoms with van der Waals surface area (Å²) in [6.07, 6.45) is -0.639. The van der Waals surface area contributed by atoms with Gasteiger partial charge in [0, 0.05) is 18.7 Å². The second kappa shape index (κ2) is 7.21. The van der Waals surface area contributed by atoms with E-state index in [2.05, 4.69) is 26.1 Å². The van der Waals surface area contributed by atoms with E-state index in [-0.39, 0.29) is 5.69 Å². The van der Waals surface area contributed by atoms with Crippen LogP contribution in [0.5, 0.6) is 0 Å². The monoisotopic (exact) mass is 266 g/mol. The highest BCUT2D eigenvalue weighted by molar-refractivity contribution is 5.33. The zero-order chi connectivity index (χ0) is 14.4. The van der Waals surface area contributed by atoms with E-state index in [1.165, 1.54) is 12.1 Å². The van der Waals surface area contributed by atoms with Crippen LogP contribution in [0.15, 0.2) is 24.3 Å². The maximum Gasteiger partial charge on any atom is 0.269 e. The predicted octanol–water partition coefficient (Wildman–Crippen LogP) is 2.51. The fourth-order valence-corrected chi connectivity index (χ4v) is 1.62. The highest BCUT2D eigenvalue weighted by atomic mass is 16.6. The molecule has 19 heavy (non-hydrogen) atoms. The average Bonchev–Trinajstić information content (AvgIpc) is 2.38. The molecule has 0 heterocycles. The molecule has 0 saturated heterocycles. The number of nitrogens with one attached hydrogen (secondary N) is 1. The van der Waals surface area contributed by atoms with E-state index in [1.54, 1.807) is 12.1 Å². The Morgan fingerprint density at radius 2 is 1.79 bits per heavy atom. The topological polar surface area (TPSA) is 75.4 Å². The van der Waals surface area contributed by atoms with Gasteiger partial charge in [-0.25, -0.2) is 0 Å². The van der Waals surface area contributed by atoms with Gasteiger partial charge in [-0.2, -0.15) is 0 Å². The third kappa shape index (κ3) is 4.96. The summed E-state index contributed by atoms with van der Waals surface area (Å²) in [5, 5.41) is 23.7. The number of aliphatic hydroxyl groups is 1. The molecule has 2 atom stereocenters. The molecule has 5 nitrogen and oxygen atoms in total. The Labute approximate surface area is 113 Å². The van der Waals surface area contributed by atoms with Gasteiger partial charge in [0.1, 0.15) is 0 Å². The molecular formula is C14H22N2O3. The lowest BCUT2D eigenvalue weighted by molar-refractivity contribution is -0.384. The summed E-state index contributed by atoms with van der Waals surface area (Å²) in [4.78, 5) is 10.1. The minimum atomic E-state index is -0.639. The molecule has 0 bridgehead atoms. The first-order valence-corrected chi connectivity index (χ1v) is 6.55. The fraction of sp³-hybridized carbons (Fsp3) is 0.571. The Hall–Kier alpha value is -1.46. The van der Waals surface area contributed by atoms with Crippen molar-refractivity contribution in [2.75, 3.05) is 13.1 Å². The molecule has 0 radical (unpaired) electrons. The molecule has 0 spiro atoms. The first kappa shape index (κ1) is 15.6. The van der Waals surface area contributed by atoms with Gasteiger partial charge in [-0.05, 0) is 36.1 Å². The Morgan fingerprint density at radius 3 is 2.26 bits per heavy atom. The number of rotatable bonds is 7. The number of benzene rings is 1.